The van der Waals surface area contributed by atoms with Crippen LogP contribution < -0.4 is 11.5 Å². The Morgan fingerprint density at radius 2 is 1.18 bits per heavy atom. The zero-order valence-electron chi connectivity index (χ0n) is 9.76. The highest BCUT2D eigenvalue weighted by Gasteiger charge is 2.29. The molecule has 0 aromatic rings. The van der Waals surface area contributed by atoms with Gasteiger partial charge in [-0.2, -0.15) is 0 Å². The molecule has 0 fully saturated rings. The monoisotopic (exact) mass is 244 g/mol. The molecule has 0 bridgehead atoms. The molecule has 0 aliphatic heterocycles. The van der Waals surface area contributed by atoms with Crippen molar-refractivity contribution < 1.29 is 23.9 Å². The first-order chi connectivity index (χ1) is 7.84. The van der Waals surface area contributed by atoms with Crippen LogP contribution in [0.4, 0.5) is 0 Å². The Hall–Kier alpha value is -1.60. The van der Waals surface area contributed by atoms with Gasteiger partial charge < -0.3 is 16.2 Å². The molecule has 0 aromatic heterocycles. The minimum Gasteiger partial charge on any atom is -0.390 e. The number of esters is 2. The van der Waals surface area contributed by atoms with Crippen molar-refractivity contribution in [1.82, 2.24) is 0 Å². The van der Waals surface area contributed by atoms with E-state index in [4.69, 9.17) is 11.5 Å². The highest BCUT2D eigenvalue weighted by Crippen LogP contribution is 1.97. The summed E-state index contributed by atoms with van der Waals surface area (Å²) in [7, 11) is 0. The van der Waals surface area contributed by atoms with E-state index < -0.39 is 35.6 Å². The van der Waals surface area contributed by atoms with Crippen LogP contribution in [0.25, 0.3) is 0 Å². The van der Waals surface area contributed by atoms with Crippen LogP contribution in [0.15, 0.2) is 0 Å². The van der Waals surface area contributed by atoms with Crippen LogP contribution in [-0.4, -0.2) is 35.6 Å². The SMILES string of the molecule is CCC(=O)C(N)C(=O)OC(=O)C(N)C(=O)CC. The molecule has 0 heterocycles. The van der Waals surface area contributed by atoms with Crippen LogP contribution in [0, 0.1) is 0 Å². The van der Waals surface area contributed by atoms with Gasteiger partial charge in [0.15, 0.2) is 23.7 Å². The number of hydrogen-bond acceptors (Lipinski definition) is 7. The topological polar surface area (TPSA) is 130 Å². The van der Waals surface area contributed by atoms with E-state index in [1.54, 1.807) is 0 Å². The minimum atomic E-state index is -1.52. The Morgan fingerprint density at radius 1 is 0.882 bits per heavy atom. The maximum absolute atomic E-state index is 11.2. The summed E-state index contributed by atoms with van der Waals surface area (Å²) in [5.41, 5.74) is 10.5. The van der Waals surface area contributed by atoms with Crippen molar-refractivity contribution in [2.24, 2.45) is 11.5 Å². The summed E-state index contributed by atoms with van der Waals surface area (Å²) >= 11 is 0. The third-order valence-electron chi connectivity index (χ3n) is 2.10. The van der Waals surface area contributed by atoms with Gasteiger partial charge in [-0.3, -0.25) is 9.59 Å². The molecule has 17 heavy (non-hydrogen) atoms. The summed E-state index contributed by atoms with van der Waals surface area (Å²) in [6.07, 6.45) is 0.0921. The van der Waals surface area contributed by atoms with E-state index in [9.17, 15) is 19.2 Å². The van der Waals surface area contributed by atoms with E-state index in [1.165, 1.54) is 13.8 Å². The maximum atomic E-state index is 11.2. The lowest BCUT2D eigenvalue weighted by Gasteiger charge is -2.11. The van der Waals surface area contributed by atoms with Gasteiger partial charge in [0.2, 0.25) is 0 Å². The molecule has 4 N–H and O–H groups in total. The number of hydrogen-bond donors (Lipinski definition) is 2. The molecule has 0 saturated carbocycles. The molecule has 0 amide bonds. The molecule has 2 unspecified atom stereocenters. The van der Waals surface area contributed by atoms with Gasteiger partial charge in [0.1, 0.15) is 0 Å². The lowest BCUT2D eigenvalue weighted by atomic mass is 10.1. The van der Waals surface area contributed by atoms with Crippen LogP contribution in [0.5, 0.6) is 0 Å². The predicted molar refractivity (Wildman–Crippen MR) is 57.6 cm³/mol. The lowest BCUT2D eigenvalue weighted by Crippen LogP contribution is -2.45. The highest BCUT2D eigenvalue weighted by molar-refractivity contribution is 6.10. The number of carbonyl (C=O) groups is 4. The van der Waals surface area contributed by atoms with Crippen LogP contribution >= 0.6 is 0 Å². The third kappa shape index (κ3) is 4.41. The van der Waals surface area contributed by atoms with E-state index in [0.717, 1.165) is 0 Å². The first kappa shape index (κ1) is 15.4. The van der Waals surface area contributed by atoms with E-state index >= 15 is 0 Å². The van der Waals surface area contributed by atoms with E-state index in [2.05, 4.69) is 4.74 Å². The zero-order valence-corrected chi connectivity index (χ0v) is 9.76. The summed E-state index contributed by atoms with van der Waals surface area (Å²) < 4.78 is 4.25. The number of nitrogens with two attached hydrogens (primary N) is 2. The van der Waals surface area contributed by atoms with E-state index in [-0.39, 0.29) is 12.8 Å². The number of ether oxygens (including phenoxy) is 1. The molecule has 0 spiro atoms. The van der Waals surface area contributed by atoms with Crippen molar-refractivity contribution in [3.8, 4) is 0 Å². The Kier molecular flexibility index (Phi) is 6.22. The number of rotatable bonds is 6. The predicted octanol–water partition coefficient (Wildman–Crippen LogP) is -1.33. The Bertz CT molecular complexity index is 308. The summed E-state index contributed by atoms with van der Waals surface area (Å²) in [6.45, 7) is 3.03. The molecule has 2 atom stereocenters. The van der Waals surface area contributed by atoms with Crippen molar-refractivity contribution >= 4 is 23.5 Å². The van der Waals surface area contributed by atoms with Crippen molar-refractivity contribution in [2.45, 2.75) is 38.8 Å². The average Bonchev–Trinajstić information content (AvgIpc) is 2.34. The Balaban J connectivity index is 4.44. The number of ketones is 2. The summed E-state index contributed by atoms with van der Waals surface area (Å²) in [5, 5.41) is 0. The van der Waals surface area contributed by atoms with Crippen molar-refractivity contribution in [1.29, 1.82) is 0 Å². The van der Waals surface area contributed by atoms with Gasteiger partial charge >= 0.3 is 11.9 Å². The smallest absolute Gasteiger partial charge is 0.338 e. The van der Waals surface area contributed by atoms with E-state index in [1.807, 2.05) is 0 Å². The highest BCUT2D eigenvalue weighted by atomic mass is 16.6. The Morgan fingerprint density at radius 3 is 1.41 bits per heavy atom. The zero-order chi connectivity index (χ0) is 13.6. The van der Waals surface area contributed by atoms with Gasteiger partial charge in [-0.15, -0.1) is 0 Å². The molecule has 7 nitrogen and oxygen atoms in total. The lowest BCUT2D eigenvalue weighted by molar-refractivity contribution is -0.162. The second kappa shape index (κ2) is 6.87. The van der Waals surface area contributed by atoms with Crippen molar-refractivity contribution in [3.63, 3.8) is 0 Å². The normalized spacial score (nSPS) is 13.6. The molecular formula is C10H16N2O5. The van der Waals surface area contributed by atoms with Crippen molar-refractivity contribution in [3.05, 3.63) is 0 Å². The standard InChI is InChI=1S/C10H16N2O5/c1-3-5(13)7(11)9(15)17-10(16)8(12)6(14)4-2/h7-8H,3-4,11-12H2,1-2H3. The van der Waals surface area contributed by atoms with Gasteiger partial charge in [0.25, 0.3) is 0 Å². The molecule has 0 saturated heterocycles. The van der Waals surface area contributed by atoms with Gasteiger partial charge in [-0.05, 0) is 0 Å². The fourth-order valence-electron chi connectivity index (χ4n) is 0.929. The first-order valence-corrected chi connectivity index (χ1v) is 5.17. The second-order valence-corrected chi connectivity index (χ2v) is 3.34. The van der Waals surface area contributed by atoms with E-state index in [0.29, 0.717) is 0 Å². The van der Waals surface area contributed by atoms with Crippen molar-refractivity contribution in [2.75, 3.05) is 0 Å². The number of carbonyl (C=O) groups excluding carboxylic acids is 4. The average molecular weight is 244 g/mol. The fourth-order valence-corrected chi connectivity index (χ4v) is 0.929. The van der Waals surface area contributed by atoms with Crippen LogP contribution in [0.2, 0.25) is 0 Å². The third-order valence-corrected chi connectivity index (χ3v) is 2.10. The van der Waals surface area contributed by atoms with Crippen LogP contribution in [0.3, 0.4) is 0 Å². The number of Topliss-reactive ketones (excluding diaryl/α,β-unsaturated/α-hetero) is 2. The van der Waals surface area contributed by atoms with Crippen LogP contribution in [-0.2, 0) is 23.9 Å². The largest absolute Gasteiger partial charge is 0.390 e. The molecule has 7 heteroatoms. The molecule has 96 valence electrons. The molecule has 0 radical (unpaired) electrons. The Labute approximate surface area is 98.5 Å². The summed E-state index contributed by atoms with van der Waals surface area (Å²) in [6, 6.07) is -3.04. The molecule has 0 aromatic carbocycles. The second-order valence-electron chi connectivity index (χ2n) is 3.34. The fraction of sp³-hybridized carbons (Fsp3) is 0.600. The minimum absolute atomic E-state index is 0.0460. The quantitative estimate of drug-likeness (QED) is 0.437. The van der Waals surface area contributed by atoms with Gasteiger partial charge in [-0.25, -0.2) is 9.59 Å². The first-order valence-electron chi connectivity index (χ1n) is 5.17. The molecule has 0 rings (SSSR count). The molecular weight excluding hydrogens is 228 g/mol. The summed E-state index contributed by atoms with van der Waals surface area (Å²) in [4.78, 5) is 44.5. The van der Waals surface area contributed by atoms with Gasteiger partial charge in [0, 0.05) is 12.8 Å². The maximum Gasteiger partial charge on any atom is 0.338 e. The summed E-state index contributed by atoms with van der Waals surface area (Å²) in [5.74, 6) is -3.50. The molecule has 0 aliphatic carbocycles. The molecule has 0 aliphatic rings. The van der Waals surface area contributed by atoms with Gasteiger partial charge in [0.05, 0.1) is 0 Å². The van der Waals surface area contributed by atoms with Crippen LogP contribution in [0.1, 0.15) is 26.7 Å². The van der Waals surface area contributed by atoms with Gasteiger partial charge in [-0.1, -0.05) is 13.8 Å².